The number of nitrogens with one attached hydrogen (secondary N) is 1. The third-order valence-electron chi connectivity index (χ3n) is 1.43. The van der Waals surface area contributed by atoms with Crippen LogP contribution in [0.3, 0.4) is 0 Å². The van der Waals surface area contributed by atoms with Crippen molar-refractivity contribution in [3.05, 3.63) is 0 Å². The summed E-state index contributed by atoms with van der Waals surface area (Å²) in [5, 5.41) is 2.78. The number of hydrogen-bond acceptors (Lipinski definition) is 1. The fraction of sp³-hybridized carbons (Fsp3) is 1.00. The number of rotatable bonds is 6. The highest BCUT2D eigenvalue weighted by Crippen LogP contribution is 2.27. The summed E-state index contributed by atoms with van der Waals surface area (Å²) in [6.45, 7) is 2.85. The molecule has 0 amide bonds. The summed E-state index contributed by atoms with van der Waals surface area (Å²) in [5.74, 6) is -3.82. The third kappa shape index (κ3) is 4.54. The van der Waals surface area contributed by atoms with Crippen molar-refractivity contribution in [2.45, 2.75) is 32.1 Å². The van der Waals surface area contributed by atoms with Gasteiger partial charge in [-0.25, -0.2) is 17.6 Å². The van der Waals surface area contributed by atoms with E-state index in [2.05, 4.69) is 5.32 Å². The Labute approximate surface area is 69.1 Å². The Hall–Kier alpha value is -0.320. The predicted octanol–water partition coefficient (Wildman–Crippen LogP) is 2.28. The van der Waals surface area contributed by atoms with Gasteiger partial charge in [-0.1, -0.05) is 6.92 Å². The van der Waals surface area contributed by atoms with Gasteiger partial charge in [0.05, 0.1) is 0 Å². The summed E-state index contributed by atoms with van der Waals surface area (Å²) in [4.78, 5) is 0. The van der Waals surface area contributed by atoms with Gasteiger partial charge in [-0.3, -0.25) is 0 Å². The molecule has 0 aromatic rings. The summed E-state index contributed by atoms with van der Waals surface area (Å²) >= 11 is 0. The van der Waals surface area contributed by atoms with Crippen LogP contribution >= 0.6 is 0 Å². The minimum Gasteiger partial charge on any atom is -0.317 e. The lowest BCUT2D eigenvalue weighted by Gasteiger charge is -2.14. The Morgan fingerprint density at radius 2 is 1.92 bits per heavy atom. The Morgan fingerprint density at radius 1 is 1.33 bits per heavy atom. The molecule has 0 fully saturated rings. The number of halogens is 4. The topological polar surface area (TPSA) is 12.0 Å². The van der Waals surface area contributed by atoms with Crippen LogP contribution in [-0.2, 0) is 0 Å². The highest BCUT2D eigenvalue weighted by molar-refractivity contribution is 4.69. The van der Waals surface area contributed by atoms with Gasteiger partial charge in [0, 0.05) is 6.42 Å². The molecule has 0 bridgehead atoms. The molecule has 1 nitrogen and oxygen atoms in total. The highest BCUT2D eigenvalue weighted by atomic mass is 19.3. The van der Waals surface area contributed by atoms with Crippen molar-refractivity contribution in [3.63, 3.8) is 0 Å². The maximum Gasteiger partial charge on any atom is 0.307 e. The first kappa shape index (κ1) is 11.7. The molecule has 0 saturated heterocycles. The molecule has 0 heterocycles. The van der Waals surface area contributed by atoms with Gasteiger partial charge in [0.2, 0.25) is 0 Å². The molecular weight excluding hydrogens is 174 g/mol. The lowest BCUT2D eigenvalue weighted by Crippen LogP contribution is -2.27. The fourth-order valence-electron chi connectivity index (χ4n) is 0.735. The van der Waals surface area contributed by atoms with E-state index in [-0.39, 0.29) is 6.42 Å². The van der Waals surface area contributed by atoms with Gasteiger partial charge in [0.25, 0.3) is 0 Å². The molecule has 0 saturated carbocycles. The molecule has 74 valence electrons. The Balaban J connectivity index is 3.47. The largest absolute Gasteiger partial charge is 0.317 e. The molecule has 0 atom stereocenters. The maximum absolute atomic E-state index is 12.2. The van der Waals surface area contributed by atoms with Crippen LogP contribution in [0.1, 0.15) is 19.8 Å². The molecule has 0 aliphatic heterocycles. The zero-order valence-corrected chi connectivity index (χ0v) is 6.92. The zero-order valence-electron chi connectivity index (χ0n) is 6.92. The molecule has 1 N–H and O–H groups in total. The molecular formula is C7H13F4N. The van der Waals surface area contributed by atoms with Crippen molar-refractivity contribution in [2.75, 3.05) is 13.1 Å². The molecule has 0 aliphatic carbocycles. The minimum absolute atomic E-state index is 0.0746. The van der Waals surface area contributed by atoms with Gasteiger partial charge in [-0.2, -0.15) is 0 Å². The fourth-order valence-corrected chi connectivity index (χ4v) is 0.735. The zero-order chi connectivity index (χ0) is 9.61. The lowest BCUT2D eigenvalue weighted by molar-refractivity contribution is -0.133. The summed E-state index contributed by atoms with van der Waals surface area (Å²) in [5.41, 5.74) is 0. The van der Waals surface area contributed by atoms with Gasteiger partial charge in [-0.05, 0) is 19.5 Å². The minimum atomic E-state index is -3.82. The van der Waals surface area contributed by atoms with E-state index in [1.165, 1.54) is 0 Å². The van der Waals surface area contributed by atoms with Crippen LogP contribution < -0.4 is 5.32 Å². The SMILES string of the molecule is CCNCCCC(F)(F)C(F)F. The first-order chi connectivity index (χ1) is 5.50. The van der Waals surface area contributed by atoms with E-state index in [0.717, 1.165) is 0 Å². The van der Waals surface area contributed by atoms with Gasteiger partial charge >= 0.3 is 12.3 Å². The molecule has 0 rings (SSSR count). The highest BCUT2D eigenvalue weighted by Gasteiger charge is 2.39. The summed E-state index contributed by atoms with van der Waals surface area (Å²) < 4.78 is 47.5. The smallest absolute Gasteiger partial charge is 0.307 e. The van der Waals surface area contributed by atoms with Gasteiger partial charge in [-0.15, -0.1) is 0 Å². The molecule has 0 aliphatic rings. The molecule has 12 heavy (non-hydrogen) atoms. The van der Waals surface area contributed by atoms with Crippen LogP contribution in [0.4, 0.5) is 17.6 Å². The Kier molecular flexibility index (Phi) is 5.20. The van der Waals surface area contributed by atoms with Crippen LogP contribution in [-0.4, -0.2) is 25.4 Å². The second-order valence-corrected chi connectivity index (χ2v) is 2.52. The Morgan fingerprint density at radius 3 is 2.33 bits per heavy atom. The van der Waals surface area contributed by atoms with Crippen LogP contribution in [0.25, 0.3) is 0 Å². The molecule has 0 aromatic heterocycles. The van der Waals surface area contributed by atoms with E-state index in [0.29, 0.717) is 13.1 Å². The normalized spacial score (nSPS) is 12.5. The van der Waals surface area contributed by atoms with Crippen LogP contribution in [0.2, 0.25) is 0 Å². The van der Waals surface area contributed by atoms with E-state index in [1.54, 1.807) is 0 Å². The van der Waals surface area contributed by atoms with E-state index in [4.69, 9.17) is 0 Å². The van der Waals surface area contributed by atoms with E-state index >= 15 is 0 Å². The van der Waals surface area contributed by atoms with Crippen molar-refractivity contribution in [3.8, 4) is 0 Å². The average molecular weight is 187 g/mol. The summed E-state index contributed by atoms with van der Waals surface area (Å²) in [6, 6.07) is 0. The third-order valence-corrected chi connectivity index (χ3v) is 1.43. The van der Waals surface area contributed by atoms with Crippen molar-refractivity contribution in [1.29, 1.82) is 0 Å². The summed E-state index contributed by atoms with van der Waals surface area (Å²) in [7, 11) is 0. The standard InChI is InChI=1S/C7H13F4N/c1-2-12-5-3-4-7(10,11)6(8)9/h6,12H,2-5H2,1H3. The van der Waals surface area contributed by atoms with Gasteiger partial charge in [0.1, 0.15) is 0 Å². The number of alkyl halides is 4. The second kappa shape index (κ2) is 5.35. The summed E-state index contributed by atoms with van der Waals surface area (Å²) in [6.07, 6.45) is -4.22. The van der Waals surface area contributed by atoms with Crippen molar-refractivity contribution >= 4 is 0 Å². The first-order valence-electron chi connectivity index (χ1n) is 3.87. The van der Waals surface area contributed by atoms with E-state index < -0.39 is 18.8 Å². The predicted molar refractivity (Wildman–Crippen MR) is 38.7 cm³/mol. The quantitative estimate of drug-likeness (QED) is 0.497. The molecule has 0 aromatic carbocycles. The van der Waals surface area contributed by atoms with Crippen molar-refractivity contribution in [1.82, 2.24) is 5.32 Å². The molecule has 0 unspecified atom stereocenters. The second-order valence-electron chi connectivity index (χ2n) is 2.52. The van der Waals surface area contributed by atoms with E-state index in [9.17, 15) is 17.6 Å². The molecule has 0 spiro atoms. The van der Waals surface area contributed by atoms with Crippen LogP contribution in [0, 0.1) is 0 Å². The maximum atomic E-state index is 12.2. The van der Waals surface area contributed by atoms with E-state index in [1.807, 2.05) is 6.92 Å². The Bertz CT molecular complexity index is 116. The van der Waals surface area contributed by atoms with Crippen molar-refractivity contribution in [2.24, 2.45) is 0 Å². The average Bonchev–Trinajstić information content (AvgIpc) is 1.98. The molecule has 0 radical (unpaired) electrons. The van der Waals surface area contributed by atoms with Crippen LogP contribution in [0.5, 0.6) is 0 Å². The number of hydrogen-bond donors (Lipinski definition) is 1. The van der Waals surface area contributed by atoms with Crippen LogP contribution in [0.15, 0.2) is 0 Å². The van der Waals surface area contributed by atoms with Gasteiger partial charge < -0.3 is 5.32 Å². The lowest BCUT2D eigenvalue weighted by atomic mass is 10.2. The molecule has 5 heteroatoms. The van der Waals surface area contributed by atoms with Gasteiger partial charge in [0.15, 0.2) is 0 Å². The van der Waals surface area contributed by atoms with Crippen molar-refractivity contribution < 1.29 is 17.6 Å². The first-order valence-corrected chi connectivity index (χ1v) is 3.87. The monoisotopic (exact) mass is 187 g/mol.